The van der Waals surface area contributed by atoms with Crippen molar-refractivity contribution in [1.82, 2.24) is 0 Å². The number of hydrogen-bond donors (Lipinski definition) is 0. The second-order valence-corrected chi connectivity index (χ2v) is 20.6. The molecule has 0 radical (unpaired) electrons. The lowest BCUT2D eigenvalue weighted by atomic mass is 10.0. The Hall–Kier alpha value is -4.19. The number of esters is 3. The molecule has 0 heterocycles. The van der Waals surface area contributed by atoms with Crippen molar-refractivity contribution in [3.8, 4) is 0 Å². The molecule has 1 atom stereocenters. The molecule has 0 N–H and O–H groups in total. The molecule has 0 saturated heterocycles. The molecule has 6 nitrogen and oxygen atoms in total. The Labute approximate surface area is 469 Å². The lowest BCUT2D eigenvalue weighted by molar-refractivity contribution is -0.167. The molecule has 0 aromatic rings. The smallest absolute Gasteiger partial charge is 0.306 e. The molecule has 76 heavy (non-hydrogen) atoms. The van der Waals surface area contributed by atoms with Crippen LogP contribution in [0.25, 0.3) is 0 Å². The van der Waals surface area contributed by atoms with Crippen LogP contribution in [-0.4, -0.2) is 37.2 Å². The molecule has 1 unspecified atom stereocenters. The Balaban J connectivity index is 4.44. The van der Waals surface area contributed by atoms with Gasteiger partial charge in [0.25, 0.3) is 0 Å². The topological polar surface area (TPSA) is 78.9 Å². The van der Waals surface area contributed by atoms with Crippen molar-refractivity contribution < 1.29 is 28.6 Å². The van der Waals surface area contributed by atoms with Crippen molar-refractivity contribution in [3.05, 3.63) is 122 Å². The molecule has 0 aliphatic heterocycles. The van der Waals surface area contributed by atoms with Crippen LogP contribution in [0.2, 0.25) is 0 Å². The highest BCUT2D eigenvalue weighted by molar-refractivity contribution is 5.71. The fraction of sp³-hybridized carbons (Fsp3) is 0.671. The zero-order valence-electron chi connectivity index (χ0n) is 49.5. The summed E-state index contributed by atoms with van der Waals surface area (Å²) < 4.78 is 16.9. The standard InChI is InChI=1S/C70H116O6/c1-4-7-10-13-16-19-22-25-28-30-31-32-33-34-35-36-37-38-39-41-42-45-48-51-54-57-60-63-69(72)75-66-67(65-74-68(71)62-59-56-53-50-47-44-27-24-21-18-15-12-9-6-3)76-70(73)64-61-58-55-52-49-46-43-40-29-26-23-20-17-14-11-8-5-2/h7,10,15-16,18-19,24-25,27-28,31-32,34-35,37-38,41-42,48,51,67H,4-6,8-9,11-14,17,20-23,26,29-30,33,36,39-40,43-47,49-50,52-66H2,1-3H3/b10-7-,18-15-,19-16-,27-24-,28-25-,32-31-,35-34-,38-37-,42-41-,51-48-. The average Bonchev–Trinajstić information content (AvgIpc) is 3.42. The van der Waals surface area contributed by atoms with Gasteiger partial charge >= 0.3 is 17.9 Å². The summed E-state index contributed by atoms with van der Waals surface area (Å²) in [6.45, 7) is 6.45. The lowest BCUT2D eigenvalue weighted by Gasteiger charge is -2.18. The summed E-state index contributed by atoms with van der Waals surface area (Å²) in [7, 11) is 0. The molecule has 0 bridgehead atoms. The van der Waals surface area contributed by atoms with Gasteiger partial charge in [0.2, 0.25) is 0 Å². The highest BCUT2D eigenvalue weighted by Crippen LogP contribution is 2.16. The molecule has 0 saturated carbocycles. The maximum Gasteiger partial charge on any atom is 0.306 e. The van der Waals surface area contributed by atoms with E-state index in [1.807, 2.05) is 0 Å². The van der Waals surface area contributed by atoms with E-state index in [2.05, 4.69) is 142 Å². The fourth-order valence-corrected chi connectivity index (χ4v) is 8.48. The Morgan fingerprint density at radius 3 is 0.868 bits per heavy atom. The number of carbonyl (C=O) groups excluding carboxylic acids is 3. The van der Waals surface area contributed by atoms with E-state index in [1.54, 1.807) is 0 Å². The monoisotopic (exact) mass is 1050 g/mol. The van der Waals surface area contributed by atoms with Crippen LogP contribution in [0.4, 0.5) is 0 Å². The lowest BCUT2D eigenvalue weighted by Crippen LogP contribution is -2.30. The van der Waals surface area contributed by atoms with Crippen molar-refractivity contribution in [2.45, 2.75) is 290 Å². The van der Waals surface area contributed by atoms with Crippen molar-refractivity contribution in [2.75, 3.05) is 13.2 Å². The Kier molecular flexibility index (Phi) is 59.9. The van der Waals surface area contributed by atoms with Crippen molar-refractivity contribution >= 4 is 17.9 Å². The molecule has 0 amide bonds. The van der Waals surface area contributed by atoms with E-state index >= 15 is 0 Å². The van der Waals surface area contributed by atoms with Gasteiger partial charge in [-0.05, 0) is 109 Å². The van der Waals surface area contributed by atoms with Crippen LogP contribution in [0.1, 0.15) is 284 Å². The van der Waals surface area contributed by atoms with Crippen molar-refractivity contribution in [3.63, 3.8) is 0 Å². The molecule has 0 aromatic heterocycles. The number of allylic oxidation sites excluding steroid dienone is 20. The second kappa shape index (κ2) is 63.3. The zero-order chi connectivity index (χ0) is 55.0. The summed E-state index contributed by atoms with van der Waals surface area (Å²) in [5.41, 5.74) is 0. The van der Waals surface area contributed by atoms with Crippen molar-refractivity contribution in [2.24, 2.45) is 0 Å². The molecule has 0 rings (SSSR count). The minimum atomic E-state index is -0.804. The van der Waals surface area contributed by atoms with Gasteiger partial charge in [0.05, 0.1) is 0 Å². The first-order valence-electron chi connectivity index (χ1n) is 31.5. The van der Waals surface area contributed by atoms with E-state index in [0.717, 1.165) is 128 Å². The number of unbranched alkanes of at least 4 members (excludes halogenated alkanes) is 25. The first kappa shape index (κ1) is 71.8. The van der Waals surface area contributed by atoms with Crippen LogP contribution in [0.5, 0.6) is 0 Å². The third-order valence-electron chi connectivity index (χ3n) is 13.2. The van der Waals surface area contributed by atoms with Crippen LogP contribution >= 0.6 is 0 Å². The zero-order valence-corrected chi connectivity index (χ0v) is 49.5. The Morgan fingerprint density at radius 1 is 0.276 bits per heavy atom. The number of carbonyl (C=O) groups is 3. The molecular formula is C70H116O6. The highest BCUT2D eigenvalue weighted by Gasteiger charge is 2.19. The number of hydrogen-bond acceptors (Lipinski definition) is 6. The summed E-state index contributed by atoms with van der Waals surface area (Å²) >= 11 is 0. The van der Waals surface area contributed by atoms with Crippen LogP contribution in [0.3, 0.4) is 0 Å². The van der Waals surface area contributed by atoms with Gasteiger partial charge in [-0.3, -0.25) is 14.4 Å². The van der Waals surface area contributed by atoms with Gasteiger partial charge in [0, 0.05) is 19.3 Å². The SMILES string of the molecule is CC/C=C\C/C=C\C/C=C\C/C=C\C/C=C\C/C=C\C/C=C\C/C=C\CCCCC(=O)OCC(COC(=O)CCCCCCC/C=C\C/C=C\CCCC)OC(=O)CCCCCCCCCCCCCCCCCCC. The molecule has 432 valence electrons. The van der Waals surface area contributed by atoms with Crippen LogP contribution in [0.15, 0.2) is 122 Å². The average molecular weight is 1050 g/mol. The summed E-state index contributed by atoms with van der Waals surface area (Å²) in [4.78, 5) is 38.3. The summed E-state index contributed by atoms with van der Waals surface area (Å²) in [6.07, 6.45) is 87.7. The predicted molar refractivity (Wildman–Crippen MR) is 330 cm³/mol. The second-order valence-electron chi connectivity index (χ2n) is 20.6. The molecule has 0 aromatic carbocycles. The van der Waals surface area contributed by atoms with Gasteiger partial charge in [0.15, 0.2) is 6.10 Å². The van der Waals surface area contributed by atoms with E-state index in [4.69, 9.17) is 14.2 Å². The van der Waals surface area contributed by atoms with Crippen LogP contribution in [0, 0.1) is 0 Å². The first-order chi connectivity index (χ1) is 37.5. The Morgan fingerprint density at radius 2 is 0.526 bits per heavy atom. The predicted octanol–water partition coefficient (Wildman–Crippen LogP) is 21.6. The minimum Gasteiger partial charge on any atom is -0.462 e. The Bertz CT molecular complexity index is 1590. The largest absolute Gasteiger partial charge is 0.462 e. The number of ether oxygens (including phenoxy) is 3. The first-order valence-corrected chi connectivity index (χ1v) is 31.5. The molecule has 6 heteroatoms. The van der Waals surface area contributed by atoms with Gasteiger partial charge in [-0.2, -0.15) is 0 Å². The third kappa shape index (κ3) is 60.7. The molecule has 0 aliphatic carbocycles. The van der Waals surface area contributed by atoms with Gasteiger partial charge in [-0.1, -0.05) is 277 Å². The molecular weight excluding hydrogens is 937 g/mol. The molecule has 0 spiro atoms. The number of rotatable bonds is 56. The van der Waals surface area contributed by atoms with E-state index in [0.29, 0.717) is 25.7 Å². The van der Waals surface area contributed by atoms with Gasteiger partial charge < -0.3 is 14.2 Å². The van der Waals surface area contributed by atoms with Gasteiger partial charge in [-0.15, -0.1) is 0 Å². The van der Waals surface area contributed by atoms with Gasteiger partial charge in [-0.25, -0.2) is 0 Å². The highest BCUT2D eigenvalue weighted by atomic mass is 16.6. The summed E-state index contributed by atoms with van der Waals surface area (Å²) in [5, 5.41) is 0. The normalized spacial score (nSPS) is 12.9. The van der Waals surface area contributed by atoms with Crippen molar-refractivity contribution in [1.29, 1.82) is 0 Å². The molecule has 0 fully saturated rings. The van der Waals surface area contributed by atoms with E-state index < -0.39 is 6.10 Å². The summed E-state index contributed by atoms with van der Waals surface area (Å²) in [5.74, 6) is -0.952. The third-order valence-corrected chi connectivity index (χ3v) is 13.2. The van der Waals surface area contributed by atoms with Crippen LogP contribution in [-0.2, 0) is 28.6 Å². The van der Waals surface area contributed by atoms with Crippen LogP contribution < -0.4 is 0 Å². The summed E-state index contributed by atoms with van der Waals surface area (Å²) in [6, 6.07) is 0. The minimum absolute atomic E-state index is 0.0995. The van der Waals surface area contributed by atoms with E-state index in [9.17, 15) is 14.4 Å². The fourth-order valence-electron chi connectivity index (χ4n) is 8.48. The maximum absolute atomic E-state index is 12.9. The maximum atomic E-state index is 12.9. The van der Waals surface area contributed by atoms with E-state index in [1.165, 1.54) is 109 Å². The van der Waals surface area contributed by atoms with E-state index in [-0.39, 0.29) is 31.1 Å². The van der Waals surface area contributed by atoms with Gasteiger partial charge in [0.1, 0.15) is 13.2 Å². The quantitative estimate of drug-likeness (QED) is 0.0261. The molecule has 0 aliphatic rings.